The van der Waals surface area contributed by atoms with Gasteiger partial charge in [0.25, 0.3) is 0 Å². The second-order valence-corrected chi connectivity index (χ2v) is 8.84. The molecule has 0 atom stereocenters. The van der Waals surface area contributed by atoms with E-state index in [0.717, 1.165) is 16.3 Å². The third-order valence-electron chi connectivity index (χ3n) is 4.53. The van der Waals surface area contributed by atoms with Crippen LogP contribution in [-0.2, 0) is 16.6 Å². The van der Waals surface area contributed by atoms with Crippen molar-refractivity contribution in [3.63, 3.8) is 0 Å². The predicted octanol–water partition coefficient (Wildman–Crippen LogP) is 4.08. The molecule has 0 bridgehead atoms. The minimum Gasteiger partial charge on any atom is -0.367 e. The minimum absolute atomic E-state index is 0.00314. The first-order valence-electron chi connectivity index (χ1n) is 9.44. The molecule has 0 aliphatic rings. The van der Waals surface area contributed by atoms with Crippen molar-refractivity contribution in [2.24, 2.45) is 0 Å². The summed E-state index contributed by atoms with van der Waals surface area (Å²) in [5.74, 6) is 1.11. The fourth-order valence-electron chi connectivity index (χ4n) is 3.25. The van der Waals surface area contributed by atoms with Gasteiger partial charge in [-0.1, -0.05) is 48.5 Å². The molecule has 0 saturated heterocycles. The topological polar surface area (TPSA) is 84.0 Å². The van der Waals surface area contributed by atoms with E-state index < -0.39 is 10.0 Å². The summed E-state index contributed by atoms with van der Waals surface area (Å²) in [5.41, 5.74) is 0.769. The van der Waals surface area contributed by atoms with E-state index in [2.05, 4.69) is 20.0 Å². The molecule has 1 heterocycles. The third kappa shape index (κ3) is 4.06. The van der Waals surface area contributed by atoms with Gasteiger partial charge in [-0.2, -0.15) is 0 Å². The monoisotopic (exact) mass is 406 g/mol. The van der Waals surface area contributed by atoms with E-state index >= 15 is 0 Å². The van der Waals surface area contributed by atoms with Crippen LogP contribution in [0.2, 0.25) is 0 Å². The number of benzene rings is 3. The number of hydrogen-bond acceptors (Lipinski definition) is 5. The van der Waals surface area contributed by atoms with Crippen molar-refractivity contribution in [1.82, 2.24) is 14.7 Å². The number of rotatable bonds is 6. The fourth-order valence-corrected chi connectivity index (χ4v) is 4.46. The maximum Gasteiger partial charge on any atom is 0.241 e. The highest BCUT2D eigenvalue weighted by Crippen LogP contribution is 2.24. The number of nitrogens with one attached hydrogen (secondary N) is 2. The summed E-state index contributed by atoms with van der Waals surface area (Å²) in [7, 11) is -3.72. The zero-order valence-corrected chi connectivity index (χ0v) is 17.1. The fraction of sp³-hybridized carbons (Fsp3) is 0.182. The van der Waals surface area contributed by atoms with E-state index in [4.69, 9.17) is 0 Å². The van der Waals surface area contributed by atoms with E-state index in [-0.39, 0.29) is 17.5 Å². The van der Waals surface area contributed by atoms with Crippen LogP contribution >= 0.6 is 0 Å². The van der Waals surface area contributed by atoms with Gasteiger partial charge in [0.15, 0.2) is 0 Å². The Bertz CT molecular complexity index is 1280. The van der Waals surface area contributed by atoms with Crippen molar-refractivity contribution in [3.8, 4) is 0 Å². The molecule has 0 aliphatic heterocycles. The van der Waals surface area contributed by atoms with Gasteiger partial charge in [0.2, 0.25) is 10.0 Å². The van der Waals surface area contributed by atoms with E-state index in [1.807, 2.05) is 62.4 Å². The summed E-state index contributed by atoms with van der Waals surface area (Å²) in [6.07, 6.45) is 0. The lowest BCUT2D eigenvalue weighted by Crippen LogP contribution is -2.25. The molecule has 0 unspecified atom stereocenters. The smallest absolute Gasteiger partial charge is 0.241 e. The first kappa shape index (κ1) is 19.3. The molecule has 7 heteroatoms. The molecule has 148 valence electrons. The van der Waals surface area contributed by atoms with Crippen LogP contribution < -0.4 is 10.0 Å². The van der Waals surface area contributed by atoms with Crippen LogP contribution in [0.15, 0.2) is 71.6 Å². The lowest BCUT2D eigenvalue weighted by Gasteiger charge is -2.14. The zero-order chi connectivity index (χ0) is 20.4. The van der Waals surface area contributed by atoms with Gasteiger partial charge in [-0.3, -0.25) is 0 Å². The molecule has 0 aliphatic carbocycles. The number of anilines is 1. The van der Waals surface area contributed by atoms with Gasteiger partial charge in [-0.15, -0.1) is 0 Å². The molecular weight excluding hydrogens is 384 g/mol. The Morgan fingerprint density at radius 2 is 1.55 bits per heavy atom. The maximum atomic E-state index is 13.0. The van der Waals surface area contributed by atoms with Crippen LogP contribution in [0.1, 0.15) is 19.7 Å². The largest absolute Gasteiger partial charge is 0.367 e. The van der Waals surface area contributed by atoms with Crippen LogP contribution in [0.3, 0.4) is 0 Å². The van der Waals surface area contributed by atoms with E-state index in [1.54, 1.807) is 18.2 Å². The number of aromatic nitrogens is 2. The number of sulfonamides is 1. The van der Waals surface area contributed by atoms with Crippen molar-refractivity contribution < 1.29 is 8.42 Å². The molecule has 3 aromatic carbocycles. The molecule has 0 radical (unpaired) electrons. The van der Waals surface area contributed by atoms with Gasteiger partial charge in [-0.25, -0.2) is 23.1 Å². The standard InChI is InChI=1S/C22H22N4O2S/c1-15(2)24-22-18-11-5-6-12-19(18)25-21(26-22)14-23-29(27,28)20-13-7-9-16-8-3-4-10-17(16)20/h3-13,15,23H,14H2,1-2H3,(H,24,25,26). The lowest BCUT2D eigenvalue weighted by atomic mass is 10.1. The number of fused-ring (bicyclic) bond motifs is 2. The van der Waals surface area contributed by atoms with Crippen molar-refractivity contribution in [3.05, 3.63) is 72.6 Å². The summed E-state index contributed by atoms with van der Waals surface area (Å²) in [5, 5.41) is 5.78. The molecule has 6 nitrogen and oxygen atoms in total. The molecule has 4 rings (SSSR count). The van der Waals surface area contributed by atoms with Crippen LogP contribution in [0.5, 0.6) is 0 Å². The second-order valence-electron chi connectivity index (χ2n) is 7.11. The van der Waals surface area contributed by atoms with Gasteiger partial charge in [0.05, 0.1) is 17.0 Å². The summed E-state index contributed by atoms with van der Waals surface area (Å²) < 4.78 is 28.6. The van der Waals surface area contributed by atoms with Crippen molar-refractivity contribution in [2.75, 3.05) is 5.32 Å². The molecule has 0 amide bonds. The molecule has 0 fully saturated rings. The van der Waals surface area contributed by atoms with E-state index in [1.165, 1.54) is 0 Å². The first-order chi connectivity index (χ1) is 13.9. The van der Waals surface area contributed by atoms with Gasteiger partial charge < -0.3 is 5.32 Å². The van der Waals surface area contributed by atoms with Gasteiger partial charge in [0.1, 0.15) is 11.6 Å². The van der Waals surface area contributed by atoms with Crippen molar-refractivity contribution >= 4 is 37.5 Å². The Morgan fingerprint density at radius 1 is 0.862 bits per heavy atom. The van der Waals surface area contributed by atoms with Gasteiger partial charge in [0, 0.05) is 16.8 Å². The summed E-state index contributed by atoms with van der Waals surface area (Å²) in [6, 6.07) is 20.5. The Kier molecular flexibility index (Phi) is 5.17. The highest BCUT2D eigenvalue weighted by atomic mass is 32.2. The Morgan fingerprint density at radius 3 is 2.34 bits per heavy atom. The van der Waals surface area contributed by atoms with Gasteiger partial charge >= 0.3 is 0 Å². The van der Waals surface area contributed by atoms with Crippen LogP contribution in [0, 0.1) is 0 Å². The molecule has 0 saturated carbocycles. The SMILES string of the molecule is CC(C)Nc1nc(CNS(=O)(=O)c2cccc3ccccc23)nc2ccccc12. The zero-order valence-electron chi connectivity index (χ0n) is 16.3. The summed E-state index contributed by atoms with van der Waals surface area (Å²) >= 11 is 0. The molecular formula is C22H22N4O2S. The molecule has 0 spiro atoms. The van der Waals surface area contributed by atoms with Crippen LogP contribution in [-0.4, -0.2) is 24.4 Å². The van der Waals surface area contributed by atoms with E-state index in [9.17, 15) is 8.42 Å². The molecule has 2 N–H and O–H groups in total. The molecule has 29 heavy (non-hydrogen) atoms. The molecule has 4 aromatic rings. The second kappa shape index (κ2) is 7.77. The normalized spacial score (nSPS) is 12.0. The highest BCUT2D eigenvalue weighted by Gasteiger charge is 2.18. The number of hydrogen-bond donors (Lipinski definition) is 2. The quantitative estimate of drug-likeness (QED) is 0.504. The third-order valence-corrected chi connectivity index (χ3v) is 5.99. The lowest BCUT2D eigenvalue weighted by molar-refractivity contribution is 0.580. The molecule has 1 aromatic heterocycles. The Labute approximate surface area is 170 Å². The Balaban J connectivity index is 1.67. The first-order valence-corrected chi connectivity index (χ1v) is 10.9. The summed E-state index contributed by atoms with van der Waals surface area (Å²) in [6.45, 7) is 4.06. The van der Waals surface area contributed by atoms with Crippen molar-refractivity contribution in [1.29, 1.82) is 0 Å². The van der Waals surface area contributed by atoms with Gasteiger partial charge in [-0.05, 0) is 37.4 Å². The van der Waals surface area contributed by atoms with E-state index in [0.29, 0.717) is 17.0 Å². The predicted molar refractivity (Wildman–Crippen MR) is 116 cm³/mol. The van der Waals surface area contributed by atoms with Crippen LogP contribution in [0.4, 0.5) is 5.82 Å². The maximum absolute atomic E-state index is 13.0. The average Bonchev–Trinajstić information content (AvgIpc) is 2.71. The van der Waals surface area contributed by atoms with Crippen LogP contribution in [0.25, 0.3) is 21.7 Å². The minimum atomic E-state index is -3.72. The number of nitrogens with zero attached hydrogens (tertiary/aromatic N) is 2. The Hall–Kier alpha value is -3.03. The number of para-hydroxylation sites is 1. The summed E-state index contributed by atoms with van der Waals surface area (Å²) in [4.78, 5) is 9.32. The van der Waals surface area contributed by atoms with Crippen molar-refractivity contribution in [2.45, 2.75) is 31.3 Å². The average molecular weight is 407 g/mol. The highest BCUT2D eigenvalue weighted by molar-refractivity contribution is 7.89.